The van der Waals surface area contributed by atoms with Gasteiger partial charge in [-0.1, -0.05) is 0 Å². The molecule has 2 aliphatic rings. The number of nitrogens with two attached hydrogens (primary N) is 1. The van der Waals surface area contributed by atoms with Crippen LogP contribution in [0.3, 0.4) is 0 Å². The molecule has 3 N–H and O–H groups in total. The highest BCUT2D eigenvalue weighted by Crippen LogP contribution is 2.26. The predicted molar refractivity (Wildman–Crippen MR) is 43.0 cm³/mol. The molecule has 0 bridgehead atoms. The number of alkyl carbamates (subject to hydrolysis) is 1. The zero-order valence-electron chi connectivity index (χ0n) is 7.08. The van der Waals surface area contributed by atoms with Crippen LogP contribution in [0.4, 0.5) is 9.59 Å². The summed E-state index contributed by atoms with van der Waals surface area (Å²) in [6.45, 7) is 1.41. The normalized spacial score (nSPS) is 24.6. The first-order valence-corrected chi connectivity index (χ1v) is 4.11. The van der Waals surface area contributed by atoms with Gasteiger partial charge in [0, 0.05) is 19.5 Å². The number of rotatable bonds is 0. The van der Waals surface area contributed by atoms with Crippen molar-refractivity contribution < 1.29 is 14.3 Å². The molecule has 72 valence electrons. The fraction of sp³-hybridized carbons (Fsp3) is 0.714. The minimum Gasteiger partial charge on any atom is -0.449 e. The predicted octanol–water partition coefficient (Wildman–Crippen LogP) is -0.751. The Morgan fingerprint density at radius 2 is 2.31 bits per heavy atom. The van der Waals surface area contributed by atoms with Gasteiger partial charge in [0.05, 0.1) is 12.1 Å². The average Bonchev–Trinajstić information content (AvgIpc) is 1.99. The lowest BCUT2D eigenvalue weighted by molar-refractivity contribution is 0.0155. The van der Waals surface area contributed by atoms with Gasteiger partial charge in [-0.3, -0.25) is 0 Å². The molecule has 0 aromatic heterocycles. The lowest BCUT2D eigenvalue weighted by atomic mass is 9.86. The Labute approximate surface area is 75.0 Å². The molecule has 0 unspecified atom stereocenters. The average molecular weight is 185 g/mol. The van der Waals surface area contributed by atoms with Crippen LogP contribution in [0.15, 0.2) is 0 Å². The van der Waals surface area contributed by atoms with E-state index in [0.717, 1.165) is 6.42 Å². The van der Waals surface area contributed by atoms with E-state index in [2.05, 4.69) is 5.32 Å². The highest BCUT2D eigenvalue weighted by Gasteiger charge is 2.47. The minimum atomic E-state index is -0.439. The van der Waals surface area contributed by atoms with Crippen molar-refractivity contribution in [2.75, 3.05) is 19.7 Å². The molecule has 2 rings (SSSR count). The van der Waals surface area contributed by atoms with Crippen molar-refractivity contribution in [3.05, 3.63) is 0 Å². The molecule has 1 spiro atoms. The molecule has 0 aromatic carbocycles. The molecule has 2 heterocycles. The molecule has 13 heavy (non-hydrogen) atoms. The first-order chi connectivity index (χ1) is 6.11. The van der Waals surface area contributed by atoms with Crippen molar-refractivity contribution in [1.82, 2.24) is 10.2 Å². The smallest absolute Gasteiger partial charge is 0.407 e. The Hall–Kier alpha value is -1.46. The van der Waals surface area contributed by atoms with Gasteiger partial charge >= 0.3 is 12.1 Å². The van der Waals surface area contributed by atoms with Crippen molar-refractivity contribution in [2.24, 2.45) is 5.73 Å². The number of hydrogen-bond acceptors (Lipinski definition) is 3. The lowest BCUT2D eigenvalue weighted by Gasteiger charge is -2.50. The zero-order chi connectivity index (χ0) is 9.47. The molecule has 6 nitrogen and oxygen atoms in total. The van der Waals surface area contributed by atoms with E-state index in [-0.39, 0.29) is 5.54 Å². The highest BCUT2D eigenvalue weighted by molar-refractivity contribution is 5.75. The Balaban J connectivity index is 1.95. The number of likely N-dealkylation sites (tertiary alicyclic amines) is 1. The summed E-state index contributed by atoms with van der Waals surface area (Å²) in [5.41, 5.74) is 4.79. The maximum absolute atomic E-state index is 10.9. The third-order valence-corrected chi connectivity index (χ3v) is 2.48. The minimum absolute atomic E-state index is 0.273. The summed E-state index contributed by atoms with van der Waals surface area (Å²) in [4.78, 5) is 23.1. The Morgan fingerprint density at radius 3 is 2.85 bits per heavy atom. The van der Waals surface area contributed by atoms with Crippen LogP contribution in [0.5, 0.6) is 0 Å². The van der Waals surface area contributed by atoms with Crippen molar-refractivity contribution in [1.29, 1.82) is 0 Å². The SMILES string of the molecule is NC(=O)N1CC2(CCOC(=O)N2)C1. The molecule has 2 aliphatic heterocycles. The molecule has 2 fully saturated rings. The molecule has 0 aromatic rings. The van der Waals surface area contributed by atoms with E-state index in [9.17, 15) is 9.59 Å². The summed E-state index contributed by atoms with van der Waals surface area (Å²) in [5, 5.41) is 2.70. The van der Waals surface area contributed by atoms with Crippen LogP contribution < -0.4 is 11.1 Å². The van der Waals surface area contributed by atoms with E-state index in [0.29, 0.717) is 19.7 Å². The number of amides is 3. The molecule has 0 radical (unpaired) electrons. The molecular formula is C7H11N3O3. The van der Waals surface area contributed by atoms with Gasteiger partial charge in [0.15, 0.2) is 0 Å². The highest BCUT2D eigenvalue weighted by atomic mass is 16.6. The maximum Gasteiger partial charge on any atom is 0.407 e. The van der Waals surface area contributed by atoms with Gasteiger partial charge in [0.25, 0.3) is 0 Å². The van der Waals surface area contributed by atoms with Gasteiger partial charge in [-0.05, 0) is 0 Å². The summed E-state index contributed by atoms with van der Waals surface area (Å²) in [6.07, 6.45) is 0.332. The van der Waals surface area contributed by atoms with Crippen molar-refractivity contribution >= 4 is 12.1 Å². The van der Waals surface area contributed by atoms with E-state index in [4.69, 9.17) is 10.5 Å². The van der Waals surface area contributed by atoms with Crippen molar-refractivity contribution in [2.45, 2.75) is 12.0 Å². The van der Waals surface area contributed by atoms with Crippen molar-refractivity contribution in [3.63, 3.8) is 0 Å². The molecule has 3 amide bonds. The van der Waals surface area contributed by atoms with E-state index < -0.39 is 12.1 Å². The summed E-state index contributed by atoms with van der Waals surface area (Å²) in [7, 11) is 0. The second-order valence-electron chi connectivity index (χ2n) is 3.49. The topological polar surface area (TPSA) is 84.7 Å². The van der Waals surface area contributed by atoms with Crippen LogP contribution in [-0.2, 0) is 4.74 Å². The Kier molecular flexibility index (Phi) is 1.58. The summed E-state index contributed by atoms with van der Waals surface area (Å²) >= 11 is 0. The van der Waals surface area contributed by atoms with Gasteiger partial charge in [0.1, 0.15) is 0 Å². The molecule has 6 heteroatoms. The third-order valence-electron chi connectivity index (χ3n) is 2.48. The van der Waals surface area contributed by atoms with E-state index >= 15 is 0 Å². The molecular weight excluding hydrogens is 174 g/mol. The molecule has 2 saturated heterocycles. The second kappa shape index (κ2) is 2.51. The van der Waals surface area contributed by atoms with E-state index in [1.807, 2.05) is 0 Å². The first kappa shape index (κ1) is 8.15. The number of carbonyl (C=O) groups is 2. The maximum atomic E-state index is 10.9. The van der Waals surface area contributed by atoms with Crippen LogP contribution in [-0.4, -0.2) is 42.3 Å². The fourth-order valence-electron chi connectivity index (χ4n) is 1.73. The van der Waals surface area contributed by atoms with Crippen LogP contribution in [0.2, 0.25) is 0 Å². The largest absolute Gasteiger partial charge is 0.449 e. The van der Waals surface area contributed by atoms with Gasteiger partial charge in [-0.25, -0.2) is 9.59 Å². The number of urea groups is 1. The number of hydrogen-bond donors (Lipinski definition) is 2. The Bertz CT molecular complexity index is 260. The van der Waals surface area contributed by atoms with Crippen LogP contribution in [0.1, 0.15) is 6.42 Å². The number of nitrogens with one attached hydrogen (secondary N) is 1. The molecule has 0 saturated carbocycles. The fourth-order valence-corrected chi connectivity index (χ4v) is 1.73. The monoisotopic (exact) mass is 185 g/mol. The molecule has 0 atom stereocenters. The summed E-state index contributed by atoms with van der Waals surface area (Å²) in [5.74, 6) is 0. The summed E-state index contributed by atoms with van der Waals surface area (Å²) in [6, 6.07) is -0.439. The van der Waals surface area contributed by atoms with Crippen molar-refractivity contribution in [3.8, 4) is 0 Å². The van der Waals surface area contributed by atoms with Gasteiger partial charge in [-0.15, -0.1) is 0 Å². The van der Waals surface area contributed by atoms with Crippen LogP contribution in [0.25, 0.3) is 0 Å². The van der Waals surface area contributed by atoms with E-state index in [1.54, 1.807) is 0 Å². The zero-order valence-corrected chi connectivity index (χ0v) is 7.08. The number of nitrogens with zero attached hydrogens (tertiary/aromatic N) is 1. The third kappa shape index (κ3) is 1.28. The number of primary amides is 1. The number of ether oxygens (including phenoxy) is 1. The van der Waals surface area contributed by atoms with Crippen LogP contribution >= 0.6 is 0 Å². The lowest BCUT2D eigenvalue weighted by Crippen LogP contribution is -2.73. The standard InChI is InChI=1S/C7H11N3O3/c8-5(11)10-3-7(4-10)1-2-13-6(12)9-7/h1-4H2,(H2,8,11)(H,9,12). The number of cyclic esters (lactones) is 1. The van der Waals surface area contributed by atoms with Gasteiger partial charge in [0.2, 0.25) is 0 Å². The van der Waals surface area contributed by atoms with Gasteiger partial charge < -0.3 is 20.7 Å². The van der Waals surface area contributed by atoms with Crippen LogP contribution in [0, 0.1) is 0 Å². The van der Waals surface area contributed by atoms with E-state index in [1.165, 1.54) is 4.90 Å². The Morgan fingerprint density at radius 1 is 1.62 bits per heavy atom. The second-order valence-corrected chi connectivity index (χ2v) is 3.49. The number of carbonyl (C=O) groups excluding carboxylic acids is 2. The summed E-state index contributed by atoms with van der Waals surface area (Å²) < 4.78 is 4.72. The van der Waals surface area contributed by atoms with Gasteiger partial charge in [-0.2, -0.15) is 0 Å². The first-order valence-electron chi connectivity index (χ1n) is 4.11. The quantitative estimate of drug-likeness (QED) is 0.520. The molecule has 0 aliphatic carbocycles.